The number of carbonyl (C=O) groups excluding carboxylic acids is 2. The Balaban J connectivity index is 1.69. The molecule has 1 N–H and O–H groups in total. The predicted octanol–water partition coefficient (Wildman–Crippen LogP) is 2.67. The number of aliphatic hydroxyl groups is 1. The van der Waals surface area contributed by atoms with Gasteiger partial charge in [-0.25, -0.2) is 14.4 Å². The van der Waals surface area contributed by atoms with E-state index in [1.807, 2.05) is 6.92 Å². The highest BCUT2D eigenvalue weighted by atomic mass is 19.1. The third-order valence-electron chi connectivity index (χ3n) is 6.26. The number of likely N-dealkylation sites (N-methyl/N-ethyl adjacent to an activating group) is 1. The van der Waals surface area contributed by atoms with E-state index in [1.165, 1.54) is 41.8 Å². The zero-order valence-electron chi connectivity index (χ0n) is 20.3. The van der Waals surface area contributed by atoms with Crippen LogP contribution in [0.25, 0.3) is 11.1 Å². The number of amides is 2. The minimum absolute atomic E-state index is 0.118. The number of benzene rings is 1. The molecule has 1 aromatic carbocycles. The number of pyridine rings is 1. The number of aromatic nitrogens is 3. The van der Waals surface area contributed by atoms with E-state index >= 15 is 0 Å². The van der Waals surface area contributed by atoms with Crippen molar-refractivity contribution < 1.29 is 23.8 Å². The van der Waals surface area contributed by atoms with Gasteiger partial charge in [0.15, 0.2) is 0 Å². The SMILES string of the molecule is C[C@@H]1CN([C@@H](C)CO)C(=O)c2cc(-c3cccc(F)c3)cnc2O[C@H]1CN(C)C(=O)c1cnccn1. The second kappa shape index (κ2) is 10.8. The zero-order chi connectivity index (χ0) is 25.8. The minimum Gasteiger partial charge on any atom is -0.472 e. The Morgan fingerprint density at radius 3 is 2.75 bits per heavy atom. The monoisotopic (exact) mass is 493 g/mol. The number of carbonyl (C=O) groups is 2. The molecule has 2 amide bonds. The smallest absolute Gasteiger partial charge is 0.273 e. The number of aliphatic hydroxyl groups excluding tert-OH is 1. The fourth-order valence-electron chi connectivity index (χ4n) is 4.10. The Kier molecular flexibility index (Phi) is 7.54. The van der Waals surface area contributed by atoms with Crippen molar-refractivity contribution in [2.24, 2.45) is 5.92 Å². The molecule has 0 unspecified atom stereocenters. The van der Waals surface area contributed by atoms with Crippen LogP contribution in [-0.4, -0.2) is 80.6 Å². The highest BCUT2D eigenvalue weighted by Crippen LogP contribution is 2.30. The van der Waals surface area contributed by atoms with Gasteiger partial charge in [-0.3, -0.25) is 14.6 Å². The van der Waals surface area contributed by atoms with E-state index in [1.54, 1.807) is 37.1 Å². The summed E-state index contributed by atoms with van der Waals surface area (Å²) in [7, 11) is 1.65. The first-order chi connectivity index (χ1) is 17.3. The van der Waals surface area contributed by atoms with Gasteiger partial charge in [-0.05, 0) is 30.7 Å². The molecule has 3 aromatic rings. The summed E-state index contributed by atoms with van der Waals surface area (Å²) in [5, 5.41) is 9.83. The molecule has 0 saturated carbocycles. The van der Waals surface area contributed by atoms with Gasteiger partial charge in [-0.1, -0.05) is 19.1 Å². The van der Waals surface area contributed by atoms with E-state index in [0.29, 0.717) is 17.7 Å². The van der Waals surface area contributed by atoms with E-state index in [2.05, 4.69) is 15.0 Å². The maximum atomic E-state index is 13.8. The first kappa shape index (κ1) is 25.2. The van der Waals surface area contributed by atoms with Crippen LogP contribution < -0.4 is 4.74 Å². The van der Waals surface area contributed by atoms with Gasteiger partial charge in [0, 0.05) is 43.7 Å². The highest BCUT2D eigenvalue weighted by molar-refractivity contribution is 5.98. The van der Waals surface area contributed by atoms with Crippen molar-refractivity contribution >= 4 is 11.8 Å². The average Bonchev–Trinajstić information content (AvgIpc) is 2.90. The fourth-order valence-corrected chi connectivity index (χ4v) is 4.10. The lowest BCUT2D eigenvalue weighted by Gasteiger charge is -2.37. The van der Waals surface area contributed by atoms with Crippen molar-refractivity contribution in [3.05, 3.63) is 72.2 Å². The molecule has 1 aliphatic heterocycles. The Morgan fingerprint density at radius 1 is 1.25 bits per heavy atom. The number of halogens is 1. The molecule has 0 spiro atoms. The lowest BCUT2D eigenvalue weighted by Crippen LogP contribution is -2.50. The summed E-state index contributed by atoms with van der Waals surface area (Å²) < 4.78 is 20.0. The van der Waals surface area contributed by atoms with Crippen LogP contribution in [0.5, 0.6) is 5.88 Å². The first-order valence-corrected chi connectivity index (χ1v) is 11.6. The lowest BCUT2D eigenvalue weighted by atomic mass is 9.99. The van der Waals surface area contributed by atoms with Crippen LogP contribution in [0.2, 0.25) is 0 Å². The summed E-state index contributed by atoms with van der Waals surface area (Å²) in [4.78, 5) is 41.9. The van der Waals surface area contributed by atoms with E-state index in [-0.39, 0.29) is 48.0 Å². The molecule has 4 rings (SSSR count). The van der Waals surface area contributed by atoms with Crippen molar-refractivity contribution in [2.75, 3.05) is 26.7 Å². The quantitative estimate of drug-likeness (QED) is 0.562. The maximum Gasteiger partial charge on any atom is 0.273 e. The van der Waals surface area contributed by atoms with Crippen LogP contribution in [0, 0.1) is 11.7 Å². The van der Waals surface area contributed by atoms with Gasteiger partial charge in [0.2, 0.25) is 5.88 Å². The summed E-state index contributed by atoms with van der Waals surface area (Å²) >= 11 is 0. The Morgan fingerprint density at radius 2 is 2.06 bits per heavy atom. The summed E-state index contributed by atoms with van der Waals surface area (Å²) in [6.45, 7) is 3.96. The van der Waals surface area contributed by atoms with Crippen molar-refractivity contribution in [2.45, 2.75) is 26.0 Å². The molecule has 0 saturated heterocycles. The number of ether oxygens (including phenoxy) is 1. The number of rotatable bonds is 6. The molecule has 10 heteroatoms. The van der Waals surface area contributed by atoms with Crippen molar-refractivity contribution in [1.82, 2.24) is 24.8 Å². The zero-order valence-corrected chi connectivity index (χ0v) is 20.3. The van der Waals surface area contributed by atoms with Crippen molar-refractivity contribution in [1.29, 1.82) is 0 Å². The summed E-state index contributed by atoms with van der Waals surface area (Å²) in [6.07, 6.45) is 5.36. The van der Waals surface area contributed by atoms with Crippen LogP contribution in [0.1, 0.15) is 34.7 Å². The van der Waals surface area contributed by atoms with Gasteiger partial charge in [0.1, 0.15) is 23.2 Å². The molecule has 9 nitrogen and oxygen atoms in total. The van der Waals surface area contributed by atoms with Gasteiger partial charge in [0.25, 0.3) is 11.8 Å². The van der Waals surface area contributed by atoms with Crippen molar-refractivity contribution in [3.63, 3.8) is 0 Å². The van der Waals surface area contributed by atoms with E-state index < -0.39 is 18.0 Å². The first-order valence-electron chi connectivity index (χ1n) is 11.6. The molecule has 0 radical (unpaired) electrons. The number of fused-ring (bicyclic) bond motifs is 1. The second-order valence-corrected chi connectivity index (χ2v) is 8.99. The standard InChI is InChI=1S/C26H28FN5O4/c1-16-13-32(17(2)15-33)25(34)21-10-19(18-5-4-6-20(27)9-18)11-30-24(21)36-23(16)14-31(3)26(35)22-12-28-7-8-29-22/h4-12,16-17,23,33H,13-15H2,1-3H3/t16-,17+,23+/m1/s1. The minimum atomic E-state index is -0.511. The molecule has 36 heavy (non-hydrogen) atoms. The maximum absolute atomic E-state index is 13.8. The third-order valence-corrected chi connectivity index (χ3v) is 6.26. The molecule has 1 aliphatic rings. The number of hydrogen-bond acceptors (Lipinski definition) is 7. The second-order valence-electron chi connectivity index (χ2n) is 8.99. The normalized spacial score (nSPS) is 18.5. The Bertz CT molecular complexity index is 1240. The van der Waals surface area contributed by atoms with Crippen LogP contribution in [0.4, 0.5) is 4.39 Å². The molecule has 2 aromatic heterocycles. The molecule has 0 bridgehead atoms. The summed E-state index contributed by atoms with van der Waals surface area (Å²) in [5.74, 6) is -1.13. The Labute approximate surface area is 208 Å². The van der Waals surface area contributed by atoms with E-state index in [9.17, 15) is 19.1 Å². The van der Waals surface area contributed by atoms with E-state index in [0.717, 1.165) is 0 Å². The van der Waals surface area contributed by atoms with Crippen LogP contribution in [0.15, 0.2) is 55.1 Å². The average molecular weight is 494 g/mol. The molecule has 3 atom stereocenters. The fraction of sp³-hybridized carbons (Fsp3) is 0.346. The lowest BCUT2D eigenvalue weighted by molar-refractivity contribution is 0.0312. The van der Waals surface area contributed by atoms with Gasteiger partial charge < -0.3 is 19.6 Å². The molecular weight excluding hydrogens is 465 g/mol. The number of nitrogens with zero attached hydrogens (tertiary/aromatic N) is 5. The number of hydrogen-bond donors (Lipinski definition) is 1. The third kappa shape index (κ3) is 5.33. The molecular formula is C26H28FN5O4. The predicted molar refractivity (Wildman–Crippen MR) is 130 cm³/mol. The Hall–Kier alpha value is -3.92. The highest BCUT2D eigenvalue weighted by Gasteiger charge is 2.35. The topological polar surface area (TPSA) is 109 Å². The molecule has 0 fully saturated rings. The summed E-state index contributed by atoms with van der Waals surface area (Å²) in [6, 6.07) is 7.19. The van der Waals surface area contributed by atoms with E-state index in [4.69, 9.17) is 4.74 Å². The van der Waals surface area contributed by atoms with Gasteiger partial charge >= 0.3 is 0 Å². The van der Waals surface area contributed by atoms with Gasteiger partial charge in [0.05, 0.1) is 25.4 Å². The largest absolute Gasteiger partial charge is 0.472 e. The van der Waals surface area contributed by atoms with Gasteiger partial charge in [-0.2, -0.15) is 0 Å². The molecule has 3 heterocycles. The van der Waals surface area contributed by atoms with Crippen LogP contribution in [0.3, 0.4) is 0 Å². The van der Waals surface area contributed by atoms with Gasteiger partial charge in [-0.15, -0.1) is 0 Å². The molecule has 188 valence electrons. The van der Waals surface area contributed by atoms with Crippen LogP contribution >= 0.6 is 0 Å². The van der Waals surface area contributed by atoms with Crippen LogP contribution in [-0.2, 0) is 0 Å². The molecule has 0 aliphatic carbocycles. The van der Waals surface area contributed by atoms with Crippen molar-refractivity contribution in [3.8, 4) is 17.0 Å². The summed E-state index contributed by atoms with van der Waals surface area (Å²) in [5.41, 5.74) is 1.54.